The Morgan fingerprint density at radius 1 is 1.09 bits per heavy atom. The van der Waals surface area contributed by atoms with Crippen LogP contribution in [0.25, 0.3) is 22.2 Å². The Kier molecular flexibility index (Phi) is 6.24. The van der Waals surface area contributed by atoms with Crippen molar-refractivity contribution >= 4 is 11.3 Å². The smallest absolute Gasteiger partial charge is 0.416 e. The third-order valence-electron chi connectivity index (χ3n) is 5.87. The van der Waals surface area contributed by atoms with E-state index in [1.54, 1.807) is 23.7 Å². The van der Waals surface area contributed by atoms with Gasteiger partial charge in [-0.05, 0) is 31.2 Å². The first-order valence-electron chi connectivity index (χ1n) is 10.8. The zero-order valence-corrected chi connectivity index (χ0v) is 19.1. The van der Waals surface area contributed by atoms with Gasteiger partial charge in [0.2, 0.25) is 11.7 Å². The number of thiazole rings is 1. The maximum absolute atomic E-state index is 13.0. The van der Waals surface area contributed by atoms with Gasteiger partial charge in [0.05, 0.1) is 23.6 Å². The number of aromatic nitrogens is 3. The molecule has 1 aromatic carbocycles. The highest BCUT2D eigenvalue weighted by molar-refractivity contribution is 7.13. The lowest BCUT2D eigenvalue weighted by Gasteiger charge is -2.36. The van der Waals surface area contributed by atoms with Gasteiger partial charge in [-0.25, -0.2) is 4.98 Å². The summed E-state index contributed by atoms with van der Waals surface area (Å²) in [5.41, 5.74) is 0.552. The molecule has 0 unspecified atom stereocenters. The third kappa shape index (κ3) is 4.91. The molecule has 0 radical (unpaired) electrons. The fraction of sp³-hybridized carbons (Fsp3) is 0.348. The number of nitrogens with zero attached hydrogens (tertiary/aromatic N) is 5. The zero-order valence-electron chi connectivity index (χ0n) is 18.3. The molecule has 0 aliphatic carbocycles. The van der Waals surface area contributed by atoms with Crippen molar-refractivity contribution in [2.45, 2.75) is 25.7 Å². The van der Waals surface area contributed by atoms with Gasteiger partial charge < -0.3 is 8.94 Å². The second kappa shape index (κ2) is 9.32. The fourth-order valence-corrected chi connectivity index (χ4v) is 4.72. The van der Waals surface area contributed by atoms with E-state index in [1.165, 1.54) is 6.07 Å². The summed E-state index contributed by atoms with van der Waals surface area (Å²) in [7, 11) is 0. The zero-order chi connectivity index (χ0) is 23.7. The number of hydrogen-bond donors (Lipinski definition) is 0. The van der Waals surface area contributed by atoms with Gasteiger partial charge in [-0.3, -0.25) is 9.80 Å². The predicted molar refractivity (Wildman–Crippen MR) is 120 cm³/mol. The summed E-state index contributed by atoms with van der Waals surface area (Å²) in [4.78, 5) is 13.6. The van der Waals surface area contributed by atoms with Crippen LogP contribution in [0.2, 0.25) is 0 Å². The highest BCUT2D eigenvalue weighted by Gasteiger charge is 2.31. The largest absolute Gasteiger partial charge is 0.462 e. The minimum atomic E-state index is -4.42. The van der Waals surface area contributed by atoms with Gasteiger partial charge in [0.1, 0.15) is 0 Å². The number of benzene rings is 1. The second-order valence-electron chi connectivity index (χ2n) is 8.14. The number of hydrogen-bond acceptors (Lipinski definition) is 8. The SMILES string of the molecule is C[C@@H](c1nc(-c2cccc(C(F)(F)F)c2)no1)N1CCN(Cc2csc(-c3ccco3)n2)CC1. The first-order chi connectivity index (χ1) is 16.4. The average Bonchev–Trinajstić information content (AvgIpc) is 3.60. The molecule has 0 N–H and O–H groups in total. The van der Waals surface area contributed by atoms with Crippen LogP contribution < -0.4 is 0 Å². The van der Waals surface area contributed by atoms with Gasteiger partial charge in [0.25, 0.3) is 0 Å². The number of piperazine rings is 1. The van der Waals surface area contributed by atoms with Crippen molar-refractivity contribution in [3.8, 4) is 22.2 Å². The van der Waals surface area contributed by atoms with Gasteiger partial charge >= 0.3 is 6.18 Å². The van der Waals surface area contributed by atoms with E-state index in [4.69, 9.17) is 8.94 Å². The molecule has 3 aromatic heterocycles. The number of furan rings is 1. The van der Waals surface area contributed by atoms with Crippen molar-refractivity contribution in [1.29, 1.82) is 0 Å². The normalized spacial score (nSPS) is 16.7. The van der Waals surface area contributed by atoms with Crippen LogP contribution in [0.15, 0.2) is 57.0 Å². The molecule has 0 bridgehead atoms. The van der Waals surface area contributed by atoms with Crippen molar-refractivity contribution in [2.75, 3.05) is 26.2 Å². The van der Waals surface area contributed by atoms with E-state index >= 15 is 0 Å². The predicted octanol–water partition coefficient (Wildman–Crippen LogP) is 5.35. The second-order valence-corrected chi connectivity index (χ2v) is 9.00. The lowest BCUT2D eigenvalue weighted by molar-refractivity contribution is -0.137. The first kappa shape index (κ1) is 22.8. The van der Waals surface area contributed by atoms with Crippen LogP contribution in [0.4, 0.5) is 13.2 Å². The highest BCUT2D eigenvalue weighted by Crippen LogP contribution is 2.32. The molecule has 0 saturated carbocycles. The Morgan fingerprint density at radius 2 is 1.91 bits per heavy atom. The molecule has 1 aliphatic rings. The van der Waals surface area contributed by atoms with Crippen LogP contribution >= 0.6 is 11.3 Å². The van der Waals surface area contributed by atoms with Crippen LogP contribution in [0.3, 0.4) is 0 Å². The van der Waals surface area contributed by atoms with Crippen molar-refractivity contribution < 1.29 is 22.1 Å². The summed E-state index contributed by atoms with van der Waals surface area (Å²) in [5.74, 6) is 1.32. The van der Waals surface area contributed by atoms with Gasteiger partial charge in [0.15, 0.2) is 10.8 Å². The summed E-state index contributed by atoms with van der Waals surface area (Å²) in [5, 5.41) is 6.85. The Balaban J connectivity index is 1.18. The molecule has 34 heavy (non-hydrogen) atoms. The molecule has 1 saturated heterocycles. The van der Waals surface area contributed by atoms with Crippen molar-refractivity contribution in [3.63, 3.8) is 0 Å². The van der Waals surface area contributed by atoms with E-state index < -0.39 is 11.7 Å². The fourth-order valence-electron chi connectivity index (χ4n) is 3.94. The molecule has 1 aliphatic heterocycles. The topological polar surface area (TPSA) is 71.4 Å². The van der Waals surface area contributed by atoms with E-state index in [9.17, 15) is 13.2 Å². The Hall–Kier alpha value is -3.02. The summed E-state index contributed by atoms with van der Waals surface area (Å²) in [6, 6.07) is 8.56. The molecule has 7 nitrogen and oxygen atoms in total. The molecule has 1 atom stereocenters. The van der Waals surface area contributed by atoms with E-state index in [0.717, 1.165) is 61.3 Å². The molecule has 5 rings (SSSR count). The molecular weight excluding hydrogens is 467 g/mol. The van der Waals surface area contributed by atoms with Gasteiger partial charge in [-0.15, -0.1) is 11.3 Å². The van der Waals surface area contributed by atoms with Gasteiger partial charge in [-0.1, -0.05) is 17.3 Å². The van der Waals surface area contributed by atoms with Crippen molar-refractivity contribution in [2.24, 2.45) is 0 Å². The third-order valence-corrected chi connectivity index (χ3v) is 6.78. The Morgan fingerprint density at radius 3 is 2.65 bits per heavy atom. The summed E-state index contributed by atoms with van der Waals surface area (Å²) in [6.45, 7) is 6.04. The lowest BCUT2D eigenvalue weighted by Crippen LogP contribution is -2.46. The summed E-state index contributed by atoms with van der Waals surface area (Å²) >= 11 is 1.57. The quantitative estimate of drug-likeness (QED) is 0.362. The standard InChI is InChI=1S/C23H22F3N5O2S/c1-15(21-28-20(29-33-21)16-4-2-5-17(12-16)23(24,25)26)31-9-7-30(8-10-31)13-18-14-34-22(27-18)19-6-3-11-32-19/h2-6,11-12,14-15H,7-10,13H2,1H3/t15-/m0/s1. The number of halogens is 3. The summed E-state index contributed by atoms with van der Waals surface area (Å²) < 4.78 is 49.9. The number of rotatable bonds is 6. The van der Waals surface area contributed by atoms with Crippen molar-refractivity contribution in [1.82, 2.24) is 24.9 Å². The van der Waals surface area contributed by atoms with Crippen LogP contribution in [-0.2, 0) is 12.7 Å². The van der Waals surface area contributed by atoms with Crippen LogP contribution in [-0.4, -0.2) is 51.1 Å². The van der Waals surface area contributed by atoms with E-state index in [-0.39, 0.29) is 17.4 Å². The molecule has 4 aromatic rings. The molecular formula is C23H22F3N5O2S. The average molecular weight is 490 g/mol. The minimum absolute atomic E-state index is 0.140. The molecule has 0 amide bonds. The molecule has 178 valence electrons. The highest BCUT2D eigenvalue weighted by atomic mass is 32.1. The molecule has 4 heterocycles. The Labute approximate surface area is 197 Å². The van der Waals surface area contributed by atoms with Crippen LogP contribution in [0.5, 0.6) is 0 Å². The molecule has 1 fully saturated rings. The lowest BCUT2D eigenvalue weighted by atomic mass is 10.1. The van der Waals surface area contributed by atoms with Gasteiger partial charge in [-0.2, -0.15) is 18.2 Å². The maximum atomic E-state index is 13.0. The van der Waals surface area contributed by atoms with Crippen LogP contribution in [0, 0.1) is 0 Å². The van der Waals surface area contributed by atoms with E-state index in [2.05, 4.69) is 30.3 Å². The Bertz CT molecular complexity index is 1230. The van der Waals surface area contributed by atoms with E-state index in [0.29, 0.717) is 5.89 Å². The first-order valence-corrected chi connectivity index (χ1v) is 11.7. The van der Waals surface area contributed by atoms with E-state index in [1.807, 2.05) is 19.1 Å². The molecule has 11 heteroatoms. The van der Waals surface area contributed by atoms with Gasteiger partial charge in [0, 0.05) is 43.7 Å². The maximum Gasteiger partial charge on any atom is 0.416 e. The van der Waals surface area contributed by atoms with Crippen LogP contribution in [0.1, 0.15) is 30.1 Å². The monoisotopic (exact) mass is 489 g/mol. The molecule has 0 spiro atoms. The number of alkyl halides is 3. The van der Waals surface area contributed by atoms with Crippen molar-refractivity contribution in [3.05, 3.63) is 65.2 Å². The summed E-state index contributed by atoms with van der Waals surface area (Å²) in [6.07, 6.45) is -2.78. The minimum Gasteiger partial charge on any atom is -0.462 e.